The van der Waals surface area contributed by atoms with Gasteiger partial charge < -0.3 is 14.2 Å². The first-order valence-corrected chi connectivity index (χ1v) is 4.10. The number of methoxy groups -OCH3 is 1. The zero-order chi connectivity index (χ0) is 9.78. The summed E-state index contributed by atoms with van der Waals surface area (Å²) in [4.78, 5) is 13.0. The van der Waals surface area contributed by atoms with Crippen molar-refractivity contribution in [1.82, 2.24) is 0 Å². The maximum Gasteiger partial charge on any atom is 0.235 e. The van der Waals surface area contributed by atoms with Crippen LogP contribution in [0.25, 0.3) is 0 Å². The van der Waals surface area contributed by atoms with Crippen LogP contribution in [0.4, 0.5) is 0 Å². The molecular weight excluding hydrogens is 174 g/mol. The Morgan fingerprint density at radius 1 is 1.08 bits per heavy atom. The molecule has 0 aromatic carbocycles. The Labute approximate surface area is 77.7 Å². The summed E-state index contributed by atoms with van der Waals surface area (Å²) in [7, 11) is 1.62. The van der Waals surface area contributed by atoms with Crippen molar-refractivity contribution in [1.29, 1.82) is 0 Å². The number of isocyanates is 1. The molecule has 0 radical (unpaired) electrons. The number of aliphatic imine (C=N–C) groups is 1. The third kappa shape index (κ3) is 11.3. The van der Waals surface area contributed by atoms with E-state index < -0.39 is 0 Å². The standard InChI is InChI=1S/C8H15NO4/c1-11-4-5-13-7-6-12-3-2-9-8-10/h2-7H2,1H3. The van der Waals surface area contributed by atoms with E-state index in [2.05, 4.69) is 4.99 Å². The van der Waals surface area contributed by atoms with E-state index in [1.807, 2.05) is 0 Å². The number of hydrogen-bond donors (Lipinski definition) is 0. The first kappa shape index (κ1) is 12.3. The molecule has 13 heavy (non-hydrogen) atoms. The Balaban J connectivity index is 2.87. The minimum absolute atomic E-state index is 0.363. The zero-order valence-electron chi connectivity index (χ0n) is 7.82. The van der Waals surface area contributed by atoms with Crippen molar-refractivity contribution >= 4 is 6.08 Å². The monoisotopic (exact) mass is 189 g/mol. The van der Waals surface area contributed by atoms with Crippen LogP contribution in [0.2, 0.25) is 0 Å². The van der Waals surface area contributed by atoms with Gasteiger partial charge in [0.05, 0.1) is 39.6 Å². The van der Waals surface area contributed by atoms with E-state index in [1.54, 1.807) is 7.11 Å². The van der Waals surface area contributed by atoms with Gasteiger partial charge in [0.25, 0.3) is 0 Å². The van der Waals surface area contributed by atoms with Gasteiger partial charge in [0.15, 0.2) is 0 Å². The van der Waals surface area contributed by atoms with E-state index in [0.29, 0.717) is 39.6 Å². The highest BCUT2D eigenvalue weighted by atomic mass is 16.5. The molecule has 0 rings (SSSR count). The first-order chi connectivity index (χ1) is 6.41. The van der Waals surface area contributed by atoms with Gasteiger partial charge in [0.1, 0.15) is 0 Å². The van der Waals surface area contributed by atoms with Crippen molar-refractivity contribution < 1.29 is 19.0 Å². The number of rotatable bonds is 9. The Kier molecular flexibility index (Phi) is 10.6. The second-order valence-corrected chi connectivity index (χ2v) is 2.19. The van der Waals surface area contributed by atoms with E-state index in [0.717, 1.165) is 0 Å². The Bertz CT molecular complexity index is 145. The summed E-state index contributed by atoms with van der Waals surface area (Å²) in [6.07, 6.45) is 1.43. The van der Waals surface area contributed by atoms with Crippen molar-refractivity contribution in [3.05, 3.63) is 0 Å². The highest BCUT2D eigenvalue weighted by molar-refractivity contribution is 5.32. The Morgan fingerprint density at radius 2 is 1.69 bits per heavy atom. The lowest BCUT2D eigenvalue weighted by Gasteiger charge is -2.03. The quantitative estimate of drug-likeness (QED) is 0.291. The summed E-state index contributed by atoms with van der Waals surface area (Å²) in [5.41, 5.74) is 0. The largest absolute Gasteiger partial charge is 0.382 e. The third-order valence-electron chi connectivity index (χ3n) is 1.22. The molecule has 76 valence electrons. The maximum absolute atomic E-state index is 9.63. The molecule has 0 aliphatic carbocycles. The lowest BCUT2D eigenvalue weighted by Crippen LogP contribution is -2.09. The van der Waals surface area contributed by atoms with E-state index in [-0.39, 0.29) is 0 Å². The lowest BCUT2D eigenvalue weighted by molar-refractivity contribution is 0.0268. The second kappa shape index (κ2) is 11.3. The second-order valence-electron chi connectivity index (χ2n) is 2.19. The van der Waals surface area contributed by atoms with Gasteiger partial charge in [-0.2, -0.15) is 0 Å². The molecule has 0 aliphatic heterocycles. The van der Waals surface area contributed by atoms with Gasteiger partial charge in [0, 0.05) is 7.11 Å². The Hall–Kier alpha value is -0.740. The van der Waals surface area contributed by atoms with Crippen molar-refractivity contribution in [3.63, 3.8) is 0 Å². The molecule has 0 saturated heterocycles. The summed E-state index contributed by atoms with van der Waals surface area (Å²) >= 11 is 0. The first-order valence-electron chi connectivity index (χ1n) is 4.10. The van der Waals surface area contributed by atoms with Crippen LogP contribution in [0.1, 0.15) is 0 Å². The average molecular weight is 189 g/mol. The van der Waals surface area contributed by atoms with Crippen LogP contribution in [0.3, 0.4) is 0 Å². The van der Waals surface area contributed by atoms with Gasteiger partial charge >= 0.3 is 0 Å². The molecule has 0 atom stereocenters. The maximum atomic E-state index is 9.63. The normalized spacial score (nSPS) is 9.62. The summed E-state index contributed by atoms with van der Waals surface area (Å²) in [5.74, 6) is 0. The molecule has 0 saturated carbocycles. The molecule has 0 aromatic heterocycles. The topological polar surface area (TPSA) is 57.1 Å². The molecule has 0 fully saturated rings. The van der Waals surface area contributed by atoms with Crippen LogP contribution in [0.5, 0.6) is 0 Å². The lowest BCUT2D eigenvalue weighted by atomic mass is 10.7. The molecule has 0 amide bonds. The van der Waals surface area contributed by atoms with Crippen LogP contribution < -0.4 is 0 Å². The highest BCUT2D eigenvalue weighted by Gasteiger charge is 1.88. The smallest absolute Gasteiger partial charge is 0.235 e. The zero-order valence-corrected chi connectivity index (χ0v) is 7.82. The molecule has 0 heterocycles. The predicted octanol–water partition coefficient (Wildman–Crippen LogP) is 0.00180. The number of hydrogen-bond acceptors (Lipinski definition) is 5. The molecule has 0 spiro atoms. The third-order valence-corrected chi connectivity index (χ3v) is 1.22. The van der Waals surface area contributed by atoms with E-state index in [4.69, 9.17) is 14.2 Å². The van der Waals surface area contributed by atoms with Gasteiger partial charge in [-0.1, -0.05) is 0 Å². The molecule has 5 heteroatoms. The fourth-order valence-electron chi connectivity index (χ4n) is 0.620. The molecule has 5 nitrogen and oxygen atoms in total. The molecule has 0 bridgehead atoms. The van der Waals surface area contributed by atoms with Crippen LogP contribution in [-0.2, 0) is 19.0 Å². The molecule has 0 unspecified atom stereocenters. The van der Waals surface area contributed by atoms with Crippen LogP contribution in [-0.4, -0.2) is 52.8 Å². The van der Waals surface area contributed by atoms with E-state index in [1.165, 1.54) is 6.08 Å². The van der Waals surface area contributed by atoms with Crippen molar-refractivity contribution in [2.24, 2.45) is 4.99 Å². The molecule has 0 aliphatic rings. The van der Waals surface area contributed by atoms with E-state index >= 15 is 0 Å². The molecular formula is C8H15NO4. The summed E-state index contributed by atoms with van der Waals surface area (Å²) < 4.78 is 15.0. The van der Waals surface area contributed by atoms with Crippen LogP contribution >= 0.6 is 0 Å². The summed E-state index contributed by atoms with van der Waals surface area (Å²) in [6, 6.07) is 0. The van der Waals surface area contributed by atoms with Crippen molar-refractivity contribution in [2.75, 3.05) is 46.7 Å². The van der Waals surface area contributed by atoms with Gasteiger partial charge in [-0.3, -0.25) is 0 Å². The molecule has 0 N–H and O–H groups in total. The van der Waals surface area contributed by atoms with Gasteiger partial charge in [-0.05, 0) is 0 Å². The minimum Gasteiger partial charge on any atom is -0.382 e. The fraction of sp³-hybridized carbons (Fsp3) is 0.875. The number of nitrogens with zero attached hydrogens (tertiary/aromatic N) is 1. The SMILES string of the molecule is COCCOCCOCCN=C=O. The van der Waals surface area contributed by atoms with Gasteiger partial charge in [-0.15, -0.1) is 0 Å². The number of carbonyl (C=O) groups excluding carboxylic acids is 1. The predicted molar refractivity (Wildman–Crippen MR) is 46.5 cm³/mol. The van der Waals surface area contributed by atoms with Gasteiger partial charge in [-0.25, -0.2) is 9.79 Å². The average Bonchev–Trinajstić information content (AvgIpc) is 2.16. The summed E-state index contributed by atoms with van der Waals surface area (Å²) in [6.45, 7) is 3.01. The van der Waals surface area contributed by atoms with Crippen molar-refractivity contribution in [2.45, 2.75) is 0 Å². The Morgan fingerprint density at radius 3 is 2.31 bits per heavy atom. The fourth-order valence-corrected chi connectivity index (χ4v) is 0.620. The van der Waals surface area contributed by atoms with Crippen LogP contribution in [0.15, 0.2) is 4.99 Å². The van der Waals surface area contributed by atoms with Crippen molar-refractivity contribution in [3.8, 4) is 0 Å². The number of ether oxygens (including phenoxy) is 3. The van der Waals surface area contributed by atoms with Crippen LogP contribution in [0, 0.1) is 0 Å². The summed E-state index contributed by atoms with van der Waals surface area (Å²) in [5, 5.41) is 0. The minimum atomic E-state index is 0.363. The van der Waals surface area contributed by atoms with E-state index in [9.17, 15) is 4.79 Å². The highest BCUT2D eigenvalue weighted by Crippen LogP contribution is 1.79. The van der Waals surface area contributed by atoms with Gasteiger partial charge in [0.2, 0.25) is 6.08 Å². The molecule has 0 aromatic rings.